The number of amidine groups is 1. The third-order valence-corrected chi connectivity index (χ3v) is 6.81. The molecule has 35 heavy (non-hydrogen) atoms. The van der Waals surface area contributed by atoms with Crippen molar-refractivity contribution in [1.29, 1.82) is 0 Å². The monoisotopic (exact) mass is 456 g/mol. The summed E-state index contributed by atoms with van der Waals surface area (Å²) in [7, 11) is 0. The Balaban J connectivity index is 1.50. The van der Waals surface area contributed by atoms with Crippen molar-refractivity contribution >= 4 is 22.3 Å². The van der Waals surface area contributed by atoms with Crippen LogP contribution in [0.1, 0.15) is 36.1 Å². The number of hydrogen-bond acceptors (Lipinski definition) is 2. The summed E-state index contributed by atoms with van der Waals surface area (Å²) in [6, 6.07) is 34.9. The second-order valence-electron chi connectivity index (χ2n) is 9.17. The van der Waals surface area contributed by atoms with E-state index in [4.69, 9.17) is 4.99 Å². The molecule has 1 aliphatic rings. The van der Waals surface area contributed by atoms with Crippen molar-refractivity contribution in [2.75, 3.05) is 4.90 Å². The molecule has 4 nitrogen and oxygen atoms in total. The molecule has 1 atom stereocenters. The predicted octanol–water partition coefficient (Wildman–Crippen LogP) is 6.87. The SMILES string of the molecule is CC(CCn1ccnc1)/N=C1\c2cccc3cccc(c23)N1C(c1ccccc1)c1ccccc1. The molecule has 0 spiro atoms. The van der Waals surface area contributed by atoms with E-state index in [-0.39, 0.29) is 12.1 Å². The van der Waals surface area contributed by atoms with Gasteiger partial charge in [-0.1, -0.05) is 91.0 Å². The molecule has 0 saturated carbocycles. The molecule has 1 unspecified atom stereocenters. The fourth-order valence-corrected chi connectivity index (χ4v) is 5.13. The van der Waals surface area contributed by atoms with Crippen LogP contribution in [0.2, 0.25) is 0 Å². The molecule has 2 heterocycles. The van der Waals surface area contributed by atoms with Gasteiger partial charge in [0, 0.05) is 29.9 Å². The molecule has 6 rings (SSSR count). The van der Waals surface area contributed by atoms with E-state index in [9.17, 15) is 0 Å². The first kappa shape index (κ1) is 21.4. The van der Waals surface area contributed by atoms with Crippen molar-refractivity contribution in [3.05, 3.63) is 132 Å². The topological polar surface area (TPSA) is 33.4 Å². The molecule has 0 amide bonds. The number of aliphatic imine (C=N–C) groups is 1. The highest BCUT2D eigenvalue weighted by Crippen LogP contribution is 2.44. The molecule has 1 aliphatic heterocycles. The minimum Gasteiger partial charge on any atom is -0.337 e. The van der Waals surface area contributed by atoms with Crippen molar-refractivity contribution in [2.24, 2.45) is 4.99 Å². The van der Waals surface area contributed by atoms with E-state index >= 15 is 0 Å². The third kappa shape index (κ3) is 4.01. The van der Waals surface area contributed by atoms with Gasteiger partial charge >= 0.3 is 0 Å². The number of nitrogens with zero attached hydrogens (tertiary/aromatic N) is 4. The predicted molar refractivity (Wildman–Crippen MR) is 144 cm³/mol. The maximum atomic E-state index is 5.38. The van der Waals surface area contributed by atoms with Crippen LogP contribution >= 0.6 is 0 Å². The summed E-state index contributed by atoms with van der Waals surface area (Å²) in [6.45, 7) is 3.11. The first-order valence-corrected chi connectivity index (χ1v) is 12.2. The van der Waals surface area contributed by atoms with E-state index in [1.54, 1.807) is 0 Å². The molecular formula is C31H28N4. The molecule has 0 N–H and O–H groups in total. The van der Waals surface area contributed by atoms with Crippen LogP contribution < -0.4 is 4.90 Å². The van der Waals surface area contributed by atoms with Gasteiger partial charge in [-0.3, -0.25) is 4.99 Å². The number of aryl methyl sites for hydroxylation is 1. The van der Waals surface area contributed by atoms with E-state index in [0.717, 1.165) is 18.8 Å². The standard InChI is InChI=1S/C31H28N4/c1-23(18-20-34-21-19-32-22-34)33-31-27-16-8-14-24-15-9-17-28(29(24)27)35(31)30(25-10-4-2-5-11-25)26-12-6-3-7-13-26/h2-17,19,21-23,30H,18,20H2,1H3/b33-31+. The average molecular weight is 457 g/mol. The van der Waals surface area contributed by atoms with Gasteiger partial charge in [0.25, 0.3) is 0 Å². The lowest BCUT2D eigenvalue weighted by Gasteiger charge is -2.32. The van der Waals surface area contributed by atoms with Crippen molar-refractivity contribution in [3.8, 4) is 0 Å². The Hall–Kier alpha value is -4.18. The van der Waals surface area contributed by atoms with Gasteiger partial charge in [0.2, 0.25) is 0 Å². The molecule has 172 valence electrons. The second-order valence-corrected chi connectivity index (χ2v) is 9.17. The summed E-state index contributed by atoms with van der Waals surface area (Å²) in [4.78, 5) is 12.0. The highest BCUT2D eigenvalue weighted by Gasteiger charge is 2.35. The van der Waals surface area contributed by atoms with Gasteiger partial charge < -0.3 is 9.47 Å². The van der Waals surface area contributed by atoms with Gasteiger partial charge in [-0.2, -0.15) is 0 Å². The van der Waals surface area contributed by atoms with Gasteiger partial charge in [0.1, 0.15) is 5.84 Å². The lowest BCUT2D eigenvalue weighted by Crippen LogP contribution is -2.34. The summed E-state index contributed by atoms with van der Waals surface area (Å²) >= 11 is 0. The summed E-state index contributed by atoms with van der Waals surface area (Å²) < 4.78 is 2.12. The summed E-state index contributed by atoms with van der Waals surface area (Å²) in [5.74, 6) is 1.05. The Kier molecular flexibility index (Phi) is 5.63. The van der Waals surface area contributed by atoms with Gasteiger partial charge in [-0.05, 0) is 35.9 Å². The summed E-state index contributed by atoms with van der Waals surface area (Å²) in [5.41, 5.74) is 4.94. The number of rotatable bonds is 7. The highest BCUT2D eigenvalue weighted by atomic mass is 15.2. The maximum Gasteiger partial charge on any atom is 0.137 e. The molecule has 0 bridgehead atoms. The van der Waals surface area contributed by atoms with Crippen molar-refractivity contribution in [2.45, 2.75) is 32.0 Å². The maximum absolute atomic E-state index is 5.38. The van der Waals surface area contributed by atoms with E-state index in [2.05, 4.69) is 118 Å². The second kappa shape index (κ2) is 9.22. The fourth-order valence-electron chi connectivity index (χ4n) is 5.13. The largest absolute Gasteiger partial charge is 0.337 e. The molecule has 4 aromatic carbocycles. The molecule has 0 fully saturated rings. The van der Waals surface area contributed by atoms with Crippen LogP contribution in [-0.2, 0) is 6.54 Å². The average Bonchev–Trinajstić information content (AvgIpc) is 3.53. The zero-order valence-electron chi connectivity index (χ0n) is 19.8. The van der Waals surface area contributed by atoms with Gasteiger partial charge in [0.05, 0.1) is 24.1 Å². The minimum absolute atomic E-state index is 0.0231. The zero-order chi connectivity index (χ0) is 23.6. The van der Waals surface area contributed by atoms with E-state index in [1.165, 1.54) is 33.2 Å². The number of hydrogen-bond donors (Lipinski definition) is 0. The highest BCUT2D eigenvalue weighted by molar-refractivity contribution is 6.27. The Morgan fingerprint density at radius 1 is 0.800 bits per heavy atom. The van der Waals surface area contributed by atoms with Crippen LogP contribution in [0.5, 0.6) is 0 Å². The smallest absolute Gasteiger partial charge is 0.137 e. The Morgan fingerprint density at radius 2 is 1.49 bits per heavy atom. The van der Waals surface area contributed by atoms with Crippen molar-refractivity contribution < 1.29 is 0 Å². The summed E-state index contributed by atoms with van der Waals surface area (Å²) in [6.07, 6.45) is 6.66. The van der Waals surface area contributed by atoms with E-state index < -0.39 is 0 Å². The van der Waals surface area contributed by atoms with Crippen LogP contribution in [0, 0.1) is 0 Å². The van der Waals surface area contributed by atoms with E-state index in [1.807, 2.05) is 18.7 Å². The van der Waals surface area contributed by atoms with Gasteiger partial charge in [-0.25, -0.2) is 4.98 Å². The first-order chi connectivity index (χ1) is 17.3. The van der Waals surface area contributed by atoms with Crippen molar-refractivity contribution in [1.82, 2.24) is 9.55 Å². The Bertz CT molecular complexity index is 1410. The normalized spacial score (nSPS) is 14.8. The number of imidazole rings is 1. The Labute approximate surface area is 206 Å². The fraction of sp³-hybridized carbons (Fsp3) is 0.161. The van der Waals surface area contributed by atoms with Crippen LogP contribution in [0.25, 0.3) is 10.8 Å². The van der Waals surface area contributed by atoms with Gasteiger partial charge in [0.15, 0.2) is 0 Å². The number of anilines is 1. The van der Waals surface area contributed by atoms with Crippen LogP contribution in [-0.4, -0.2) is 21.4 Å². The molecular weight excluding hydrogens is 428 g/mol. The van der Waals surface area contributed by atoms with Crippen molar-refractivity contribution in [3.63, 3.8) is 0 Å². The van der Waals surface area contributed by atoms with Crippen LogP contribution in [0.4, 0.5) is 5.69 Å². The lowest BCUT2D eigenvalue weighted by atomic mass is 9.96. The van der Waals surface area contributed by atoms with Gasteiger partial charge in [-0.15, -0.1) is 0 Å². The zero-order valence-corrected chi connectivity index (χ0v) is 19.8. The minimum atomic E-state index is 0.0231. The molecule has 0 radical (unpaired) electrons. The Morgan fingerprint density at radius 3 is 2.14 bits per heavy atom. The third-order valence-electron chi connectivity index (χ3n) is 6.81. The number of benzene rings is 4. The summed E-state index contributed by atoms with van der Waals surface area (Å²) in [5, 5.41) is 2.54. The first-order valence-electron chi connectivity index (χ1n) is 12.2. The molecule has 1 aromatic heterocycles. The van der Waals surface area contributed by atoms with Crippen LogP contribution in [0.3, 0.4) is 0 Å². The van der Waals surface area contributed by atoms with E-state index in [0.29, 0.717) is 0 Å². The molecule has 0 aliphatic carbocycles. The molecule has 0 saturated heterocycles. The molecule has 5 aromatic rings. The molecule has 4 heteroatoms. The quantitative estimate of drug-likeness (QED) is 0.268. The lowest BCUT2D eigenvalue weighted by molar-refractivity contribution is 0.571. The number of aromatic nitrogens is 2. The van der Waals surface area contributed by atoms with Crippen LogP contribution in [0.15, 0.2) is 121 Å².